The molecule has 198 valence electrons. The summed E-state index contributed by atoms with van der Waals surface area (Å²) in [6.07, 6.45) is -4.78. The highest BCUT2D eigenvalue weighted by Gasteiger charge is 2.32. The van der Waals surface area contributed by atoms with Gasteiger partial charge < -0.3 is 25.0 Å². The molecule has 2 rings (SSSR count). The summed E-state index contributed by atoms with van der Waals surface area (Å²) in [6, 6.07) is 4.03. The number of urea groups is 1. The van der Waals surface area contributed by atoms with Crippen LogP contribution in [0.3, 0.4) is 0 Å². The number of amides is 3. The lowest BCUT2D eigenvalue weighted by Gasteiger charge is -2.36. The minimum atomic E-state index is -4.26. The summed E-state index contributed by atoms with van der Waals surface area (Å²) in [6.45, 7) is 6.70. The summed E-state index contributed by atoms with van der Waals surface area (Å²) >= 11 is 0. The highest BCUT2D eigenvalue weighted by Crippen LogP contribution is 2.27. The van der Waals surface area contributed by atoms with Crippen LogP contribution in [0, 0.1) is 5.92 Å². The molecule has 35 heavy (non-hydrogen) atoms. The monoisotopic (exact) mass is 502 g/mol. The second-order valence-electron chi connectivity index (χ2n) is 9.05. The van der Waals surface area contributed by atoms with Crippen molar-refractivity contribution in [1.82, 2.24) is 15.1 Å². The fourth-order valence-corrected chi connectivity index (χ4v) is 3.93. The number of fused-ring (bicyclic) bond motifs is 1. The molecular formula is C24H37F3N4O4. The molecule has 0 unspecified atom stereocenters. The molecule has 0 radical (unpaired) electrons. The van der Waals surface area contributed by atoms with E-state index in [9.17, 15) is 22.8 Å². The number of hydrogen-bond acceptors (Lipinski definition) is 5. The van der Waals surface area contributed by atoms with E-state index >= 15 is 0 Å². The molecule has 1 heterocycles. The standard InChI is InChI=1S/C24H37F3N4O4/c1-6-10-28-23(33)29-18-7-8-20-19(12-18)22(32)30(4)14-21(34-5)16(2)13-31(17(3)15-35-20)11-9-24(25,26)27/h7-8,12,16-17,21H,6,9-11,13-15H2,1-5H3,(H2,28,29,33)/t16-,17+,21-/m1/s1. The van der Waals surface area contributed by atoms with Crippen LogP contribution in [0.5, 0.6) is 5.75 Å². The van der Waals surface area contributed by atoms with Crippen LogP contribution >= 0.6 is 0 Å². The van der Waals surface area contributed by atoms with Gasteiger partial charge in [0.15, 0.2) is 0 Å². The first-order chi connectivity index (χ1) is 16.4. The Morgan fingerprint density at radius 2 is 1.97 bits per heavy atom. The van der Waals surface area contributed by atoms with Crippen LogP contribution in [0.15, 0.2) is 18.2 Å². The molecule has 8 nitrogen and oxygen atoms in total. The number of carbonyl (C=O) groups excluding carboxylic acids is 2. The van der Waals surface area contributed by atoms with E-state index in [1.165, 1.54) is 12.0 Å². The number of ether oxygens (including phenoxy) is 2. The van der Waals surface area contributed by atoms with E-state index in [1.807, 2.05) is 13.8 Å². The lowest BCUT2D eigenvalue weighted by Crippen LogP contribution is -2.47. The summed E-state index contributed by atoms with van der Waals surface area (Å²) in [5, 5.41) is 5.42. The Morgan fingerprint density at radius 1 is 1.26 bits per heavy atom. The van der Waals surface area contributed by atoms with Crippen molar-refractivity contribution in [3.8, 4) is 5.75 Å². The third-order valence-electron chi connectivity index (χ3n) is 6.05. The average molecular weight is 503 g/mol. The summed E-state index contributed by atoms with van der Waals surface area (Å²) < 4.78 is 50.4. The molecule has 0 fully saturated rings. The summed E-state index contributed by atoms with van der Waals surface area (Å²) in [7, 11) is 3.16. The number of anilines is 1. The smallest absolute Gasteiger partial charge is 0.390 e. The zero-order valence-electron chi connectivity index (χ0n) is 21.1. The van der Waals surface area contributed by atoms with Crippen LogP contribution in [0.25, 0.3) is 0 Å². The normalized spacial score (nSPS) is 22.5. The number of alkyl halides is 3. The molecular weight excluding hydrogens is 465 g/mol. The van der Waals surface area contributed by atoms with E-state index in [0.29, 0.717) is 24.5 Å². The summed E-state index contributed by atoms with van der Waals surface area (Å²) in [4.78, 5) is 28.6. The molecule has 1 aliphatic rings. The minimum absolute atomic E-state index is 0.0932. The van der Waals surface area contributed by atoms with E-state index in [-0.39, 0.29) is 55.3 Å². The SMILES string of the molecule is CCCNC(=O)Nc1ccc2c(c1)C(=O)N(C)C[C@@H](OC)[C@H](C)CN(CCC(F)(F)F)[C@@H](C)CO2. The van der Waals surface area contributed by atoms with Gasteiger partial charge in [0, 0.05) is 52.1 Å². The van der Waals surface area contributed by atoms with Crippen LogP contribution in [0.4, 0.5) is 23.7 Å². The maximum absolute atomic E-state index is 13.3. The fraction of sp³-hybridized carbons (Fsp3) is 0.667. The molecule has 11 heteroatoms. The molecule has 1 aromatic rings. The first kappa shape index (κ1) is 28.7. The number of nitrogens with one attached hydrogen (secondary N) is 2. The molecule has 0 saturated heterocycles. The van der Waals surface area contributed by atoms with Gasteiger partial charge in [-0.3, -0.25) is 9.69 Å². The molecule has 3 amide bonds. The van der Waals surface area contributed by atoms with Gasteiger partial charge >= 0.3 is 12.2 Å². The Labute approximate surface area is 205 Å². The van der Waals surface area contributed by atoms with Gasteiger partial charge in [-0.15, -0.1) is 0 Å². The zero-order chi connectivity index (χ0) is 26.2. The Hall–Kier alpha value is -2.53. The first-order valence-corrected chi connectivity index (χ1v) is 11.9. The second kappa shape index (κ2) is 13.0. The number of rotatable bonds is 6. The van der Waals surface area contributed by atoms with Crippen LogP contribution in [-0.4, -0.2) is 87.0 Å². The van der Waals surface area contributed by atoms with Gasteiger partial charge in [0.1, 0.15) is 12.4 Å². The van der Waals surface area contributed by atoms with Crippen molar-refractivity contribution in [2.24, 2.45) is 5.92 Å². The molecule has 0 spiro atoms. The van der Waals surface area contributed by atoms with E-state index < -0.39 is 12.6 Å². The Kier molecular flexibility index (Phi) is 10.6. The summed E-state index contributed by atoms with van der Waals surface area (Å²) in [5.41, 5.74) is 0.671. The predicted octanol–water partition coefficient (Wildman–Crippen LogP) is 3.98. The van der Waals surface area contributed by atoms with Gasteiger partial charge in [-0.1, -0.05) is 13.8 Å². The quantitative estimate of drug-likeness (QED) is 0.615. The largest absolute Gasteiger partial charge is 0.491 e. The maximum atomic E-state index is 13.3. The van der Waals surface area contributed by atoms with Crippen molar-refractivity contribution in [1.29, 1.82) is 0 Å². The van der Waals surface area contributed by atoms with Gasteiger partial charge in [-0.05, 0) is 37.5 Å². The molecule has 3 atom stereocenters. The lowest BCUT2D eigenvalue weighted by atomic mass is 10.0. The number of nitrogens with zero attached hydrogens (tertiary/aromatic N) is 2. The molecule has 2 N–H and O–H groups in total. The highest BCUT2D eigenvalue weighted by atomic mass is 19.4. The third kappa shape index (κ3) is 8.88. The van der Waals surface area contributed by atoms with Crippen LogP contribution in [0.1, 0.15) is 44.0 Å². The fourth-order valence-electron chi connectivity index (χ4n) is 3.93. The topological polar surface area (TPSA) is 83.1 Å². The molecule has 0 aromatic heterocycles. The lowest BCUT2D eigenvalue weighted by molar-refractivity contribution is -0.140. The molecule has 1 aliphatic heterocycles. The second-order valence-corrected chi connectivity index (χ2v) is 9.05. The number of methoxy groups -OCH3 is 1. The number of hydrogen-bond donors (Lipinski definition) is 2. The Morgan fingerprint density at radius 3 is 2.60 bits per heavy atom. The van der Waals surface area contributed by atoms with Gasteiger partial charge in [0.05, 0.1) is 18.1 Å². The van der Waals surface area contributed by atoms with E-state index in [1.54, 1.807) is 37.1 Å². The Bertz CT molecular complexity index is 853. The van der Waals surface area contributed by atoms with Gasteiger partial charge in [-0.25, -0.2) is 4.79 Å². The maximum Gasteiger partial charge on any atom is 0.390 e. The number of carbonyl (C=O) groups is 2. The average Bonchev–Trinajstić information content (AvgIpc) is 2.80. The Balaban J connectivity index is 2.35. The van der Waals surface area contributed by atoms with Crippen molar-refractivity contribution in [3.63, 3.8) is 0 Å². The first-order valence-electron chi connectivity index (χ1n) is 11.9. The van der Waals surface area contributed by atoms with E-state index in [4.69, 9.17) is 9.47 Å². The molecule has 1 aromatic carbocycles. The van der Waals surface area contributed by atoms with Crippen molar-refractivity contribution in [3.05, 3.63) is 23.8 Å². The van der Waals surface area contributed by atoms with Gasteiger partial charge in [0.25, 0.3) is 5.91 Å². The van der Waals surface area contributed by atoms with Crippen LogP contribution in [-0.2, 0) is 4.74 Å². The van der Waals surface area contributed by atoms with Crippen molar-refractivity contribution >= 4 is 17.6 Å². The van der Waals surface area contributed by atoms with Crippen molar-refractivity contribution < 1.29 is 32.2 Å². The van der Waals surface area contributed by atoms with Gasteiger partial charge in [0.2, 0.25) is 0 Å². The zero-order valence-corrected chi connectivity index (χ0v) is 21.1. The molecule has 0 aliphatic carbocycles. The summed E-state index contributed by atoms with van der Waals surface area (Å²) in [5.74, 6) is -0.152. The van der Waals surface area contributed by atoms with Crippen molar-refractivity contribution in [2.45, 2.75) is 51.9 Å². The number of halogens is 3. The van der Waals surface area contributed by atoms with Gasteiger partial charge in [-0.2, -0.15) is 13.2 Å². The molecule has 0 bridgehead atoms. The van der Waals surface area contributed by atoms with Crippen molar-refractivity contribution in [2.75, 3.05) is 52.3 Å². The number of benzene rings is 1. The van der Waals surface area contributed by atoms with E-state index in [0.717, 1.165) is 6.42 Å². The minimum Gasteiger partial charge on any atom is -0.491 e. The van der Waals surface area contributed by atoms with Crippen LogP contribution < -0.4 is 15.4 Å². The third-order valence-corrected chi connectivity index (χ3v) is 6.05. The van der Waals surface area contributed by atoms with E-state index in [2.05, 4.69) is 10.6 Å². The molecule has 0 saturated carbocycles. The number of likely N-dealkylation sites (N-methyl/N-ethyl adjacent to an activating group) is 1. The predicted molar refractivity (Wildman–Crippen MR) is 128 cm³/mol. The van der Waals surface area contributed by atoms with Crippen LogP contribution in [0.2, 0.25) is 0 Å². The highest BCUT2D eigenvalue weighted by molar-refractivity contribution is 5.99.